The van der Waals surface area contributed by atoms with Gasteiger partial charge in [-0.2, -0.15) is 0 Å². The van der Waals surface area contributed by atoms with Crippen LogP contribution in [0.5, 0.6) is 0 Å². The van der Waals surface area contributed by atoms with Crippen LogP contribution in [0, 0.1) is 17.6 Å². The van der Waals surface area contributed by atoms with E-state index >= 15 is 0 Å². The van der Waals surface area contributed by atoms with Crippen LogP contribution in [0.2, 0.25) is 0 Å². The number of hydrogen-bond donors (Lipinski definition) is 1. The third kappa shape index (κ3) is 2.30. The van der Waals surface area contributed by atoms with E-state index in [0.29, 0.717) is 19.0 Å². The molecular weight excluding hydrogens is 238 g/mol. The van der Waals surface area contributed by atoms with Crippen molar-refractivity contribution in [3.8, 4) is 0 Å². The molecule has 1 aromatic carbocycles. The van der Waals surface area contributed by atoms with E-state index in [4.69, 9.17) is 5.73 Å². The number of anilines is 1. The molecule has 1 aliphatic rings. The minimum absolute atomic E-state index is 0.204. The Balaban J connectivity index is 2.31. The molecule has 1 atom stereocenters. The Morgan fingerprint density at radius 1 is 1.44 bits per heavy atom. The number of hydrogen-bond acceptors (Lipinski definition) is 2. The lowest BCUT2D eigenvalue weighted by Gasteiger charge is -2.31. The first kappa shape index (κ1) is 12.8. The Labute approximate surface area is 105 Å². The first-order valence-corrected chi connectivity index (χ1v) is 6.03. The lowest BCUT2D eigenvalue weighted by Crippen LogP contribution is -2.40. The van der Waals surface area contributed by atoms with Crippen molar-refractivity contribution in [2.45, 2.75) is 19.8 Å². The van der Waals surface area contributed by atoms with Crippen LogP contribution in [0.3, 0.4) is 0 Å². The van der Waals surface area contributed by atoms with Gasteiger partial charge in [-0.15, -0.1) is 0 Å². The zero-order valence-electron chi connectivity index (χ0n) is 10.2. The van der Waals surface area contributed by atoms with Crippen LogP contribution in [0.25, 0.3) is 0 Å². The molecule has 0 bridgehead atoms. The van der Waals surface area contributed by atoms with E-state index in [0.717, 1.165) is 25.0 Å². The number of nitrogens with zero attached hydrogens (tertiary/aromatic N) is 1. The third-order valence-electron chi connectivity index (χ3n) is 3.28. The SMILES string of the molecule is CC1CCCN(C(=O)c2c(F)ccc(N)c2F)C1. The van der Waals surface area contributed by atoms with Crippen LogP contribution >= 0.6 is 0 Å². The third-order valence-corrected chi connectivity index (χ3v) is 3.28. The predicted molar refractivity (Wildman–Crippen MR) is 65.1 cm³/mol. The Morgan fingerprint density at radius 3 is 2.83 bits per heavy atom. The second-order valence-electron chi connectivity index (χ2n) is 4.82. The first-order chi connectivity index (χ1) is 8.50. The zero-order chi connectivity index (χ0) is 13.3. The number of nitrogens with two attached hydrogens (primary N) is 1. The second-order valence-corrected chi connectivity index (χ2v) is 4.82. The summed E-state index contributed by atoms with van der Waals surface area (Å²) >= 11 is 0. The van der Waals surface area contributed by atoms with Gasteiger partial charge in [0.1, 0.15) is 11.4 Å². The molecule has 1 saturated heterocycles. The van der Waals surface area contributed by atoms with Crippen LogP contribution in [-0.2, 0) is 0 Å². The maximum absolute atomic E-state index is 13.8. The van der Waals surface area contributed by atoms with Crippen molar-refractivity contribution >= 4 is 11.6 Å². The number of halogens is 2. The molecular formula is C13H16F2N2O. The van der Waals surface area contributed by atoms with Crippen molar-refractivity contribution in [3.05, 3.63) is 29.3 Å². The lowest BCUT2D eigenvalue weighted by atomic mass is 9.99. The van der Waals surface area contributed by atoms with Crippen molar-refractivity contribution in [2.75, 3.05) is 18.8 Å². The molecule has 1 aliphatic heterocycles. The molecule has 1 amide bonds. The highest BCUT2D eigenvalue weighted by molar-refractivity contribution is 5.95. The van der Waals surface area contributed by atoms with Crippen LogP contribution < -0.4 is 5.73 Å². The highest BCUT2D eigenvalue weighted by atomic mass is 19.1. The summed E-state index contributed by atoms with van der Waals surface area (Å²) < 4.78 is 27.3. The average Bonchev–Trinajstić information content (AvgIpc) is 2.34. The number of piperidine rings is 1. The number of likely N-dealkylation sites (tertiary alicyclic amines) is 1. The summed E-state index contributed by atoms with van der Waals surface area (Å²) in [6.45, 7) is 3.09. The topological polar surface area (TPSA) is 46.3 Å². The van der Waals surface area contributed by atoms with Gasteiger partial charge < -0.3 is 10.6 Å². The van der Waals surface area contributed by atoms with Crippen molar-refractivity contribution in [3.63, 3.8) is 0 Å². The monoisotopic (exact) mass is 254 g/mol. The summed E-state index contributed by atoms with van der Waals surface area (Å²) in [7, 11) is 0. The normalized spacial score (nSPS) is 19.9. The maximum Gasteiger partial charge on any atom is 0.259 e. The van der Waals surface area contributed by atoms with E-state index in [1.165, 1.54) is 4.90 Å². The van der Waals surface area contributed by atoms with Gasteiger partial charge in [-0.05, 0) is 30.9 Å². The van der Waals surface area contributed by atoms with Crippen molar-refractivity contribution in [1.29, 1.82) is 0 Å². The molecule has 2 rings (SSSR count). The molecule has 1 aromatic rings. The van der Waals surface area contributed by atoms with Gasteiger partial charge in [-0.25, -0.2) is 8.78 Å². The van der Waals surface area contributed by atoms with Gasteiger partial charge in [-0.3, -0.25) is 4.79 Å². The fourth-order valence-corrected chi connectivity index (χ4v) is 2.30. The van der Waals surface area contributed by atoms with E-state index in [1.54, 1.807) is 0 Å². The number of carbonyl (C=O) groups excluding carboxylic acids is 1. The molecule has 18 heavy (non-hydrogen) atoms. The van der Waals surface area contributed by atoms with Gasteiger partial charge in [0.05, 0.1) is 5.69 Å². The van der Waals surface area contributed by atoms with E-state index in [2.05, 4.69) is 0 Å². The predicted octanol–water partition coefficient (Wildman–Crippen LogP) is 2.42. The fraction of sp³-hybridized carbons (Fsp3) is 0.462. The van der Waals surface area contributed by atoms with E-state index < -0.39 is 23.1 Å². The van der Waals surface area contributed by atoms with Gasteiger partial charge in [0.25, 0.3) is 5.91 Å². The molecule has 0 saturated carbocycles. The van der Waals surface area contributed by atoms with Crippen LogP contribution in [0.15, 0.2) is 12.1 Å². The number of carbonyl (C=O) groups is 1. The molecule has 0 radical (unpaired) electrons. The van der Waals surface area contributed by atoms with Gasteiger partial charge in [0.2, 0.25) is 0 Å². The standard InChI is InChI=1S/C13H16F2N2O/c1-8-3-2-6-17(7-8)13(18)11-9(14)4-5-10(16)12(11)15/h4-5,8H,2-3,6-7,16H2,1H3. The van der Waals surface area contributed by atoms with E-state index in [9.17, 15) is 13.6 Å². The van der Waals surface area contributed by atoms with E-state index in [-0.39, 0.29) is 5.69 Å². The van der Waals surface area contributed by atoms with Gasteiger partial charge in [0.15, 0.2) is 5.82 Å². The number of nitrogen functional groups attached to an aromatic ring is 1. The molecule has 1 heterocycles. The Bertz CT molecular complexity index is 476. The summed E-state index contributed by atoms with van der Waals surface area (Å²) in [4.78, 5) is 13.6. The Kier molecular flexibility index (Phi) is 3.50. The minimum atomic E-state index is -0.960. The summed E-state index contributed by atoms with van der Waals surface area (Å²) in [6, 6.07) is 2.15. The van der Waals surface area contributed by atoms with Gasteiger partial charge >= 0.3 is 0 Å². The lowest BCUT2D eigenvalue weighted by molar-refractivity contribution is 0.0673. The van der Waals surface area contributed by atoms with Crippen LogP contribution in [0.1, 0.15) is 30.1 Å². The van der Waals surface area contributed by atoms with Crippen molar-refractivity contribution in [1.82, 2.24) is 4.90 Å². The van der Waals surface area contributed by atoms with Crippen LogP contribution in [0.4, 0.5) is 14.5 Å². The quantitative estimate of drug-likeness (QED) is 0.782. The fourth-order valence-electron chi connectivity index (χ4n) is 2.30. The molecule has 5 heteroatoms. The Hall–Kier alpha value is -1.65. The van der Waals surface area contributed by atoms with Crippen LogP contribution in [-0.4, -0.2) is 23.9 Å². The summed E-state index contributed by atoms with van der Waals surface area (Å²) in [5.41, 5.74) is 4.63. The highest BCUT2D eigenvalue weighted by Crippen LogP contribution is 2.23. The largest absolute Gasteiger partial charge is 0.396 e. The molecule has 0 spiro atoms. The molecule has 2 N–H and O–H groups in total. The number of rotatable bonds is 1. The molecule has 0 aromatic heterocycles. The summed E-state index contributed by atoms with van der Waals surface area (Å²) in [6.07, 6.45) is 1.89. The average molecular weight is 254 g/mol. The Morgan fingerprint density at radius 2 is 2.17 bits per heavy atom. The minimum Gasteiger partial charge on any atom is -0.396 e. The molecule has 0 aliphatic carbocycles. The van der Waals surface area contributed by atoms with E-state index in [1.807, 2.05) is 6.92 Å². The number of amides is 1. The molecule has 3 nitrogen and oxygen atoms in total. The van der Waals surface area contributed by atoms with Crippen molar-refractivity contribution < 1.29 is 13.6 Å². The van der Waals surface area contributed by atoms with Crippen molar-refractivity contribution in [2.24, 2.45) is 5.92 Å². The molecule has 1 unspecified atom stereocenters. The highest BCUT2D eigenvalue weighted by Gasteiger charge is 2.27. The molecule has 1 fully saturated rings. The first-order valence-electron chi connectivity index (χ1n) is 6.03. The van der Waals surface area contributed by atoms with Gasteiger partial charge in [-0.1, -0.05) is 6.92 Å². The summed E-state index contributed by atoms with van der Waals surface area (Å²) in [5, 5.41) is 0. The second kappa shape index (κ2) is 4.92. The zero-order valence-corrected chi connectivity index (χ0v) is 10.2. The molecule has 98 valence electrons. The smallest absolute Gasteiger partial charge is 0.259 e. The van der Waals surface area contributed by atoms with Gasteiger partial charge in [0, 0.05) is 13.1 Å². The summed E-state index contributed by atoms with van der Waals surface area (Å²) in [5.74, 6) is -2.07. The number of benzene rings is 1. The maximum atomic E-state index is 13.8.